The zero-order valence-corrected chi connectivity index (χ0v) is 18.9. The van der Waals surface area contributed by atoms with Gasteiger partial charge in [0.2, 0.25) is 5.91 Å². The third kappa shape index (κ3) is 6.26. The highest BCUT2D eigenvalue weighted by Gasteiger charge is 2.30. The van der Waals surface area contributed by atoms with E-state index in [0.717, 1.165) is 5.56 Å². The van der Waals surface area contributed by atoms with Gasteiger partial charge in [-0.1, -0.05) is 54.1 Å². The first-order valence-electron chi connectivity index (χ1n) is 10.3. The zero-order valence-electron chi connectivity index (χ0n) is 18.2. The van der Waals surface area contributed by atoms with E-state index in [-0.39, 0.29) is 30.2 Å². The van der Waals surface area contributed by atoms with Crippen molar-refractivity contribution in [2.24, 2.45) is 5.41 Å². The standard InChI is InChI=1S/C26H23ClFNO4/c1-26(2,25(32)33)15-23(30)18-7-5-17(6-8-18)19-9-12-22(21(28)14-19)29-24(31)13-16-3-10-20(27)11-4-16/h3-12,14H,13,15H2,1-2H3,(H,29,31)(H,32,33). The quantitative estimate of drug-likeness (QED) is 0.397. The largest absolute Gasteiger partial charge is 0.481 e. The molecule has 5 nitrogen and oxygen atoms in total. The average Bonchev–Trinajstić information content (AvgIpc) is 2.76. The number of hydrogen-bond acceptors (Lipinski definition) is 3. The lowest BCUT2D eigenvalue weighted by atomic mass is 9.85. The molecule has 0 saturated heterocycles. The van der Waals surface area contributed by atoms with E-state index in [1.165, 1.54) is 26.0 Å². The Bertz CT molecular complexity index is 1190. The minimum atomic E-state index is -1.16. The summed E-state index contributed by atoms with van der Waals surface area (Å²) in [4.78, 5) is 35.9. The number of rotatable bonds is 8. The Hall–Kier alpha value is -3.51. The first kappa shape index (κ1) is 24.1. The number of nitrogens with one attached hydrogen (secondary N) is 1. The predicted molar refractivity (Wildman–Crippen MR) is 126 cm³/mol. The number of Topliss-reactive ketones (excluding diaryl/α,β-unsaturated/α-hetero) is 1. The lowest BCUT2D eigenvalue weighted by Crippen LogP contribution is -2.26. The lowest BCUT2D eigenvalue weighted by molar-refractivity contribution is -0.146. The summed E-state index contributed by atoms with van der Waals surface area (Å²) in [5.41, 5.74) is 1.32. The van der Waals surface area contributed by atoms with Gasteiger partial charge in [0.05, 0.1) is 17.5 Å². The van der Waals surface area contributed by atoms with Gasteiger partial charge in [-0.3, -0.25) is 14.4 Å². The second-order valence-electron chi connectivity index (χ2n) is 8.41. The molecule has 0 fully saturated rings. The van der Waals surface area contributed by atoms with Crippen LogP contribution in [0.2, 0.25) is 5.02 Å². The van der Waals surface area contributed by atoms with E-state index in [2.05, 4.69) is 5.32 Å². The summed E-state index contributed by atoms with van der Waals surface area (Å²) in [5.74, 6) is -2.25. The first-order chi connectivity index (χ1) is 15.5. The number of amides is 1. The number of aliphatic carboxylic acids is 1. The van der Waals surface area contributed by atoms with Crippen LogP contribution in [0.3, 0.4) is 0 Å². The van der Waals surface area contributed by atoms with E-state index >= 15 is 0 Å². The molecule has 0 radical (unpaired) electrons. The minimum absolute atomic E-state index is 0.0698. The zero-order chi connectivity index (χ0) is 24.2. The molecule has 1 amide bonds. The molecule has 0 heterocycles. The van der Waals surface area contributed by atoms with E-state index < -0.39 is 17.2 Å². The number of ketones is 1. The Morgan fingerprint density at radius 3 is 2.12 bits per heavy atom. The number of halogens is 2. The second kappa shape index (κ2) is 9.96. The fourth-order valence-corrected chi connectivity index (χ4v) is 3.33. The molecule has 0 atom stereocenters. The van der Waals surface area contributed by atoms with Gasteiger partial charge in [-0.05, 0) is 54.8 Å². The van der Waals surface area contributed by atoms with Gasteiger partial charge in [0.15, 0.2) is 5.78 Å². The molecule has 33 heavy (non-hydrogen) atoms. The van der Waals surface area contributed by atoms with Crippen LogP contribution < -0.4 is 5.32 Å². The fourth-order valence-electron chi connectivity index (χ4n) is 3.21. The van der Waals surface area contributed by atoms with Crippen LogP contribution in [0, 0.1) is 11.2 Å². The summed E-state index contributed by atoms with van der Waals surface area (Å²) in [7, 11) is 0. The van der Waals surface area contributed by atoms with Gasteiger partial charge in [-0.2, -0.15) is 0 Å². The Balaban J connectivity index is 1.67. The van der Waals surface area contributed by atoms with Gasteiger partial charge in [0.25, 0.3) is 0 Å². The summed E-state index contributed by atoms with van der Waals surface area (Å²) in [6.45, 7) is 3.00. The van der Waals surface area contributed by atoms with Crippen molar-refractivity contribution in [3.05, 3.63) is 88.7 Å². The highest BCUT2D eigenvalue weighted by Crippen LogP contribution is 2.27. The molecule has 0 saturated carbocycles. The highest BCUT2D eigenvalue weighted by molar-refractivity contribution is 6.30. The monoisotopic (exact) mass is 467 g/mol. The van der Waals surface area contributed by atoms with Crippen LogP contribution in [0.5, 0.6) is 0 Å². The van der Waals surface area contributed by atoms with E-state index in [1.54, 1.807) is 54.6 Å². The Morgan fingerprint density at radius 2 is 1.55 bits per heavy atom. The molecule has 0 aromatic heterocycles. The van der Waals surface area contributed by atoms with Crippen LogP contribution in [-0.2, 0) is 16.0 Å². The van der Waals surface area contributed by atoms with Gasteiger partial charge in [0.1, 0.15) is 5.82 Å². The third-order valence-corrected chi connectivity index (χ3v) is 5.49. The Morgan fingerprint density at radius 1 is 0.939 bits per heavy atom. The number of carboxylic acids is 1. The average molecular weight is 468 g/mol. The van der Waals surface area contributed by atoms with Gasteiger partial charge in [-0.25, -0.2) is 4.39 Å². The Labute approximate surface area is 196 Å². The molecule has 0 aliphatic carbocycles. The summed E-state index contributed by atoms with van der Waals surface area (Å²) in [6.07, 6.45) is -0.0345. The van der Waals surface area contributed by atoms with E-state index in [0.29, 0.717) is 21.7 Å². The Kier molecular flexibility index (Phi) is 7.29. The van der Waals surface area contributed by atoms with Gasteiger partial charge < -0.3 is 10.4 Å². The second-order valence-corrected chi connectivity index (χ2v) is 8.85. The first-order valence-corrected chi connectivity index (χ1v) is 10.6. The molecule has 170 valence electrons. The molecule has 0 aliphatic heterocycles. The molecular formula is C26H23ClFNO4. The van der Waals surface area contributed by atoms with Crippen molar-refractivity contribution in [3.8, 4) is 11.1 Å². The number of hydrogen-bond donors (Lipinski definition) is 2. The molecule has 7 heteroatoms. The van der Waals surface area contributed by atoms with Crippen molar-refractivity contribution in [2.45, 2.75) is 26.7 Å². The normalized spacial score (nSPS) is 11.2. The van der Waals surface area contributed by atoms with Crippen LogP contribution in [0.4, 0.5) is 10.1 Å². The molecule has 0 spiro atoms. The molecule has 2 N–H and O–H groups in total. The molecular weight excluding hydrogens is 445 g/mol. The van der Waals surface area contributed by atoms with Crippen LogP contribution in [0.25, 0.3) is 11.1 Å². The van der Waals surface area contributed by atoms with E-state index in [1.807, 2.05) is 0 Å². The topological polar surface area (TPSA) is 83.5 Å². The van der Waals surface area contributed by atoms with Crippen molar-refractivity contribution in [1.29, 1.82) is 0 Å². The van der Waals surface area contributed by atoms with Crippen LogP contribution in [-0.4, -0.2) is 22.8 Å². The minimum Gasteiger partial charge on any atom is -0.481 e. The number of carbonyl (C=O) groups excluding carboxylic acids is 2. The number of carboxylic acid groups (broad SMARTS) is 1. The van der Waals surface area contributed by atoms with Gasteiger partial charge in [-0.15, -0.1) is 0 Å². The van der Waals surface area contributed by atoms with E-state index in [9.17, 15) is 23.9 Å². The summed E-state index contributed by atoms with van der Waals surface area (Å²) in [6, 6.07) is 17.8. The maximum Gasteiger partial charge on any atom is 0.309 e. The van der Waals surface area contributed by atoms with Crippen molar-refractivity contribution >= 4 is 34.9 Å². The maximum atomic E-state index is 14.6. The summed E-state index contributed by atoms with van der Waals surface area (Å²) < 4.78 is 14.6. The van der Waals surface area contributed by atoms with Gasteiger partial charge in [0, 0.05) is 17.0 Å². The smallest absolute Gasteiger partial charge is 0.309 e. The van der Waals surface area contributed by atoms with Crippen molar-refractivity contribution in [3.63, 3.8) is 0 Å². The molecule has 0 unspecified atom stereocenters. The molecule has 0 aliphatic rings. The number of carbonyl (C=O) groups is 3. The maximum absolute atomic E-state index is 14.6. The predicted octanol–water partition coefficient (Wildman–Crippen LogP) is 6.01. The number of benzene rings is 3. The number of anilines is 1. The molecule has 3 aromatic carbocycles. The van der Waals surface area contributed by atoms with Gasteiger partial charge >= 0.3 is 5.97 Å². The third-order valence-electron chi connectivity index (χ3n) is 5.24. The molecule has 3 rings (SSSR count). The highest BCUT2D eigenvalue weighted by atomic mass is 35.5. The lowest BCUT2D eigenvalue weighted by Gasteiger charge is -2.17. The van der Waals surface area contributed by atoms with Crippen LogP contribution in [0.1, 0.15) is 36.2 Å². The van der Waals surface area contributed by atoms with Crippen molar-refractivity contribution in [2.75, 3.05) is 5.32 Å². The van der Waals surface area contributed by atoms with Crippen molar-refractivity contribution in [1.82, 2.24) is 0 Å². The van der Waals surface area contributed by atoms with Crippen LogP contribution in [0.15, 0.2) is 66.7 Å². The SMILES string of the molecule is CC(C)(CC(=O)c1ccc(-c2ccc(NC(=O)Cc3ccc(Cl)cc3)c(F)c2)cc1)C(=O)O. The molecule has 3 aromatic rings. The van der Waals surface area contributed by atoms with Crippen molar-refractivity contribution < 1.29 is 23.9 Å². The molecule has 0 bridgehead atoms. The fraction of sp³-hybridized carbons (Fsp3) is 0.192. The van der Waals surface area contributed by atoms with Crippen LogP contribution >= 0.6 is 11.6 Å². The van der Waals surface area contributed by atoms with E-state index in [4.69, 9.17) is 11.6 Å². The summed E-state index contributed by atoms with van der Waals surface area (Å²) >= 11 is 5.84. The summed E-state index contributed by atoms with van der Waals surface area (Å²) in [5, 5.41) is 12.3.